The van der Waals surface area contributed by atoms with Gasteiger partial charge in [-0.25, -0.2) is 9.78 Å². The van der Waals surface area contributed by atoms with E-state index in [1.165, 1.54) is 0 Å². The minimum Gasteiger partial charge on any atom is -0.476 e. The third-order valence-electron chi connectivity index (χ3n) is 3.56. The number of hydrogen-bond donors (Lipinski definition) is 1. The van der Waals surface area contributed by atoms with Crippen LogP contribution < -0.4 is 10.1 Å². The van der Waals surface area contributed by atoms with E-state index in [0.717, 1.165) is 17.7 Å². The smallest absolute Gasteiger partial charge is 0.317 e. The minimum atomic E-state index is -0.143. The Bertz CT molecular complexity index is 685. The van der Waals surface area contributed by atoms with Crippen LogP contribution in [0.25, 0.3) is 0 Å². The van der Waals surface area contributed by atoms with E-state index in [9.17, 15) is 4.79 Å². The molecule has 0 saturated heterocycles. The Morgan fingerprint density at radius 3 is 2.80 bits per heavy atom. The molecule has 2 aromatic rings. The van der Waals surface area contributed by atoms with Crippen molar-refractivity contribution in [1.29, 1.82) is 0 Å². The number of hydrogen-bond acceptors (Lipinski definition) is 5. The number of aryl methyl sites for hydroxylation is 1. The van der Waals surface area contributed by atoms with E-state index in [-0.39, 0.29) is 6.03 Å². The van der Waals surface area contributed by atoms with Gasteiger partial charge in [0.05, 0.1) is 12.7 Å². The molecule has 0 bridgehead atoms. The lowest BCUT2D eigenvalue weighted by Gasteiger charge is -2.17. The van der Waals surface area contributed by atoms with Gasteiger partial charge in [0.15, 0.2) is 0 Å². The fourth-order valence-electron chi connectivity index (χ4n) is 2.18. The molecule has 2 aromatic heterocycles. The molecular formula is C17H26N6O2. The van der Waals surface area contributed by atoms with Crippen LogP contribution in [0.2, 0.25) is 0 Å². The lowest BCUT2D eigenvalue weighted by Crippen LogP contribution is -2.36. The third kappa shape index (κ3) is 6.42. The molecule has 1 N–H and O–H groups in total. The maximum atomic E-state index is 12.2. The third-order valence-corrected chi connectivity index (χ3v) is 3.56. The molecule has 0 aliphatic rings. The monoisotopic (exact) mass is 346 g/mol. The molecule has 2 amide bonds. The number of rotatable bonds is 8. The highest BCUT2D eigenvalue weighted by Crippen LogP contribution is 2.09. The summed E-state index contributed by atoms with van der Waals surface area (Å²) < 4.78 is 7.33. The van der Waals surface area contributed by atoms with E-state index in [1.807, 2.05) is 44.4 Å². The van der Waals surface area contributed by atoms with Gasteiger partial charge < -0.3 is 19.9 Å². The highest BCUT2D eigenvalue weighted by atomic mass is 16.5. The molecule has 8 nitrogen and oxygen atoms in total. The van der Waals surface area contributed by atoms with Crippen molar-refractivity contribution in [1.82, 2.24) is 29.9 Å². The highest BCUT2D eigenvalue weighted by Gasteiger charge is 2.10. The SMILES string of the molecule is CN(C)CCOc1cc(CNC(=O)N(C)Cc2cnn(C)c2)ccn1. The van der Waals surface area contributed by atoms with Crippen LogP contribution in [0.5, 0.6) is 5.88 Å². The van der Waals surface area contributed by atoms with E-state index in [0.29, 0.717) is 25.6 Å². The van der Waals surface area contributed by atoms with Gasteiger partial charge in [-0.2, -0.15) is 5.10 Å². The summed E-state index contributed by atoms with van der Waals surface area (Å²) in [4.78, 5) is 20.0. The number of likely N-dealkylation sites (N-methyl/N-ethyl adjacent to an activating group) is 1. The number of carbonyl (C=O) groups excluding carboxylic acids is 1. The Morgan fingerprint density at radius 1 is 1.32 bits per heavy atom. The van der Waals surface area contributed by atoms with Crippen LogP contribution in [0.15, 0.2) is 30.7 Å². The normalized spacial score (nSPS) is 10.8. The van der Waals surface area contributed by atoms with Gasteiger partial charge in [0.25, 0.3) is 0 Å². The molecule has 0 aliphatic heterocycles. The van der Waals surface area contributed by atoms with Crippen molar-refractivity contribution in [2.75, 3.05) is 34.3 Å². The van der Waals surface area contributed by atoms with Crippen LogP contribution in [0.4, 0.5) is 4.79 Å². The molecule has 0 aromatic carbocycles. The van der Waals surface area contributed by atoms with Crippen LogP contribution >= 0.6 is 0 Å². The van der Waals surface area contributed by atoms with E-state index in [1.54, 1.807) is 29.0 Å². The first kappa shape index (κ1) is 18.7. The number of aromatic nitrogens is 3. The average Bonchev–Trinajstić information content (AvgIpc) is 2.97. The molecule has 136 valence electrons. The van der Waals surface area contributed by atoms with Crippen molar-refractivity contribution in [3.8, 4) is 5.88 Å². The van der Waals surface area contributed by atoms with Gasteiger partial charge in [-0.3, -0.25) is 4.68 Å². The maximum Gasteiger partial charge on any atom is 0.317 e. The number of amides is 2. The maximum absolute atomic E-state index is 12.2. The van der Waals surface area contributed by atoms with Crippen molar-refractivity contribution >= 4 is 6.03 Å². The van der Waals surface area contributed by atoms with Gasteiger partial charge in [-0.05, 0) is 25.7 Å². The van der Waals surface area contributed by atoms with Gasteiger partial charge in [-0.15, -0.1) is 0 Å². The van der Waals surface area contributed by atoms with Crippen LogP contribution in [-0.4, -0.2) is 64.9 Å². The number of pyridine rings is 1. The second-order valence-corrected chi connectivity index (χ2v) is 6.19. The summed E-state index contributed by atoms with van der Waals surface area (Å²) in [5, 5.41) is 7.00. The molecule has 0 spiro atoms. The number of nitrogens with zero attached hydrogens (tertiary/aromatic N) is 5. The van der Waals surface area contributed by atoms with Crippen molar-refractivity contribution < 1.29 is 9.53 Å². The Hall–Kier alpha value is -2.61. The number of nitrogens with one attached hydrogen (secondary N) is 1. The molecule has 0 unspecified atom stereocenters. The Kier molecular flexibility index (Phi) is 6.76. The Labute approximate surface area is 148 Å². The first-order valence-corrected chi connectivity index (χ1v) is 8.13. The van der Waals surface area contributed by atoms with Gasteiger partial charge >= 0.3 is 6.03 Å². The highest BCUT2D eigenvalue weighted by molar-refractivity contribution is 5.73. The second-order valence-electron chi connectivity index (χ2n) is 6.19. The van der Waals surface area contributed by atoms with Crippen LogP contribution in [0.3, 0.4) is 0 Å². The molecule has 25 heavy (non-hydrogen) atoms. The van der Waals surface area contributed by atoms with Crippen molar-refractivity contribution in [3.63, 3.8) is 0 Å². The summed E-state index contributed by atoms with van der Waals surface area (Å²) in [5.74, 6) is 0.567. The zero-order valence-corrected chi connectivity index (χ0v) is 15.3. The standard InChI is InChI=1S/C17H26N6O2/c1-21(2)7-8-25-16-9-14(5-6-18-16)10-19-17(24)22(3)12-15-11-20-23(4)13-15/h5-6,9,11,13H,7-8,10,12H2,1-4H3,(H,19,24). The minimum absolute atomic E-state index is 0.143. The summed E-state index contributed by atoms with van der Waals surface area (Å²) in [5.41, 5.74) is 1.93. The van der Waals surface area contributed by atoms with E-state index in [2.05, 4.69) is 15.4 Å². The number of urea groups is 1. The average molecular weight is 346 g/mol. The van der Waals surface area contributed by atoms with E-state index in [4.69, 9.17) is 4.74 Å². The Balaban J connectivity index is 1.80. The van der Waals surface area contributed by atoms with E-state index < -0.39 is 0 Å². The van der Waals surface area contributed by atoms with Crippen molar-refractivity contribution in [3.05, 3.63) is 41.9 Å². The first-order chi connectivity index (χ1) is 11.9. The summed E-state index contributed by atoms with van der Waals surface area (Å²) in [6, 6.07) is 3.56. The molecule has 0 fully saturated rings. The number of carbonyl (C=O) groups is 1. The van der Waals surface area contributed by atoms with Crippen LogP contribution in [-0.2, 0) is 20.1 Å². The largest absolute Gasteiger partial charge is 0.476 e. The summed E-state index contributed by atoms with van der Waals surface area (Å²) in [7, 11) is 7.59. The van der Waals surface area contributed by atoms with Gasteiger partial charge in [0.2, 0.25) is 5.88 Å². The van der Waals surface area contributed by atoms with Crippen molar-refractivity contribution in [2.45, 2.75) is 13.1 Å². The molecule has 0 aliphatic carbocycles. The number of ether oxygens (including phenoxy) is 1. The Morgan fingerprint density at radius 2 is 2.12 bits per heavy atom. The molecule has 0 saturated carbocycles. The predicted octanol–water partition coefficient (Wildman–Crippen LogP) is 1.10. The molecule has 0 atom stereocenters. The fraction of sp³-hybridized carbons (Fsp3) is 0.471. The second kappa shape index (κ2) is 9.03. The zero-order valence-electron chi connectivity index (χ0n) is 15.3. The molecule has 2 rings (SSSR count). The van der Waals surface area contributed by atoms with E-state index >= 15 is 0 Å². The summed E-state index contributed by atoms with van der Waals surface area (Å²) >= 11 is 0. The topological polar surface area (TPSA) is 75.5 Å². The zero-order chi connectivity index (χ0) is 18.2. The van der Waals surface area contributed by atoms with Crippen molar-refractivity contribution in [2.24, 2.45) is 7.05 Å². The quantitative estimate of drug-likeness (QED) is 0.775. The van der Waals surface area contributed by atoms with Gasteiger partial charge in [0, 0.05) is 51.2 Å². The van der Waals surface area contributed by atoms with Crippen LogP contribution in [0.1, 0.15) is 11.1 Å². The lowest BCUT2D eigenvalue weighted by molar-refractivity contribution is 0.206. The summed E-state index contributed by atoms with van der Waals surface area (Å²) in [6.07, 6.45) is 5.33. The van der Waals surface area contributed by atoms with Gasteiger partial charge in [-0.1, -0.05) is 0 Å². The summed E-state index contributed by atoms with van der Waals surface area (Å²) in [6.45, 7) is 2.32. The molecule has 0 radical (unpaired) electrons. The lowest BCUT2D eigenvalue weighted by atomic mass is 10.2. The van der Waals surface area contributed by atoms with Crippen LogP contribution in [0, 0.1) is 0 Å². The fourth-order valence-corrected chi connectivity index (χ4v) is 2.18. The molecule has 2 heterocycles. The first-order valence-electron chi connectivity index (χ1n) is 8.13. The molecular weight excluding hydrogens is 320 g/mol. The molecule has 8 heteroatoms. The van der Waals surface area contributed by atoms with Gasteiger partial charge in [0.1, 0.15) is 6.61 Å². The predicted molar refractivity (Wildman–Crippen MR) is 95.2 cm³/mol.